The van der Waals surface area contributed by atoms with Crippen LogP contribution in [0.5, 0.6) is 5.75 Å². The minimum absolute atomic E-state index is 0.210. The van der Waals surface area contributed by atoms with Crippen molar-refractivity contribution in [1.29, 1.82) is 0 Å². The Morgan fingerprint density at radius 1 is 1.41 bits per heavy atom. The summed E-state index contributed by atoms with van der Waals surface area (Å²) in [6.07, 6.45) is 0.210. The number of ether oxygens (including phenoxy) is 2. The molecule has 0 heterocycles. The predicted octanol–water partition coefficient (Wildman–Crippen LogP) is 1.28. The first-order chi connectivity index (χ1) is 8.04. The van der Waals surface area contributed by atoms with Gasteiger partial charge in [-0.25, -0.2) is 0 Å². The third-order valence-corrected chi connectivity index (χ3v) is 2.30. The first-order valence-electron chi connectivity index (χ1n) is 5.31. The fourth-order valence-corrected chi connectivity index (χ4v) is 1.27. The van der Waals surface area contributed by atoms with Gasteiger partial charge < -0.3 is 20.1 Å². The van der Waals surface area contributed by atoms with Crippen molar-refractivity contribution in [3.8, 4) is 5.75 Å². The minimum Gasteiger partial charge on any atom is -0.491 e. The molecule has 0 bridgehead atoms. The molecule has 0 saturated heterocycles. The lowest BCUT2D eigenvalue weighted by atomic mass is 10.2. The number of nitrogen functional groups attached to an aromatic ring is 1. The van der Waals surface area contributed by atoms with Gasteiger partial charge in [0.25, 0.3) is 0 Å². The largest absolute Gasteiger partial charge is 0.491 e. The first kappa shape index (κ1) is 13.2. The second-order valence-electron chi connectivity index (χ2n) is 3.79. The third kappa shape index (κ3) is 3.86. The number of nitrogens with two attached hydrogens (primary N) is 1. The van der Waals surface area contributed by atoms with Gasteiger partial charge in [0.05, 0.1) is 25.8 Å². The molecule has 0 amide bonds. The van der Waals surface area contributed by atoms with Crippen LogP contribution in [0.3, 0.4) is 0 Å². The highest BCUT2D eigenvalue weighted by atomic mass is 16.5. The van der Waals surface area contributed by atoms with Crippen LogP contribution >= 0.6 is 0 Å². The number of rotatable bonds is 5. The highest BCUT2D eigenvalue weighted by Crippen LogP contribution is 2.26. The molecule has 17 heavy (non-hydrogen) atoms. The summed E-state index contributed by atoms with van der Waals surface area (Å²) < 4.78 is 9.97. The van der Waals surface area contributed by atoms with Gasteiger partial charge in [0, 0.05) is 25.8 Å². The van der Waals surface area contributed by atoms with E-state index >= 15 is 0 Å². The lowest BCUT2D eigenvalue weighted by Crippen LogP contribution is -2.11. The van der Waals surface area contributed by atoms with Crippen LogP contribution in [-0.4, -0.2) is 33.8 Å². The van der Waals surface area contributed by atoms with E-state index in [9.17, 15) is 4.79 Å². The SMILES string of the molecule is COC(=O)CCOc1cc(N(C)C)ccc1N. The van der Waals surface area contributed by atoms with Crippen molar-refractivity contribution in [2.45, 2.75) is 6.42 Å². The van der Waals surface area contributed by atoms with Gasteiger partial charge in [-0.2, -0.15) is 0 Å². The number of anilines is 2. The van der Waals surface area contributed by atoms with Crippen LogP contribution in [0.15, 0.2) is 18.2 Å². The molecular weight excluding hydrogens is 220 g/mol. The number of methoxy groups -OCH3 is 1. The van der Waals surface area contributed by atoms with Gasteiger partial charge >= 0.3 is 5.97 Å². The van der Waals surface area contributed by atoms with Gasteiger partial charge in [-0.15, -0.1) is 0 Å². The molecule has 0 radical (unpaired) electrons. The summed E-state index contributed by atoms with van der Waals surface area (Å²) >= 11 is 0. The molecule has 1 rings (SSSR count). The highest BCUT2D eigenvalue weighted by Gasteiger charge is 2.05. The molecule has 0 unspecified atom stereocenters. The molecule has 5 heteroatoms. The zero-order valence-corrected chi connectivity index (χ0v) is 10.4. The van der Waals surface area contributed by atoms with Gasteiger partial charge in [0.1, 0.15) is 5.75 Å². The Morgan fingerprint density at radius 2 is 2.12 bits per heavy atom. The molecule has 0 aliphatic heterocycles. The summed E-state index contributed by atoms with van der Waals surface area (Å²) in [4.78, 5) is 12.9. The number of hydrogen-bond acceptors (Lipinski definition) is 5. The van der Waals surface area contributed by atoms with Crippen LogP contribution in [0.1, 0.15) is 6.42 Å². The van der Waals surface area contributed by atoms with E-state index in [4.69, 9.17) is 10.5 Å². The number of esters is 1. The molecule has 0 aromatic heterocycles. The molecule has 5 nitrogen and oxygen atoms in total. The quantitative estimate of drug-likeness (QED) is 0.618. The van der Waals surface area contributed by atoms with E-state index in [1.165, 1.54) is 7.11 Å². The van der Waals surface area contributed by atoms with Crippen molar-refractivity contribution in [3.63, 3.8) is 0 Å². The summed E-state index contributed by atoms with van der Waals surface area (Å²) in [5, 5.41) is 0. The lowest BCUT2D eigenvalue weighted by molar-refractivity contribution is -0.141. The molecule has 0 saturated carbocycles. The van der Waals surface area contributed by atoms with Gasteiger partial charge in [-0.1, -0.05) is 0 Å². The second kappa shape index (κ2) is 5.98. The average molecular weight is 238 g/mol. The molecule has 94 valence electrons. The van der Waals surface area contributed by atoms with E-state index in [1.54, 1.807) is 6.07 Å². The molecule has 2 N–H and O–H groups in total. The van der Waals surface area contributed by atoms with E-state index in [-0.39, 0.29) is 19.0 Å². The fourth-order valence-electron chi connectivity index (χ4n) is 1.27. The monoisotopic (exact) mass is 238 g/mol. The van der Waals surface area contributed by atoms with Crippen LogP contribution in [0.2, 0.25) is 0 Å². The first-order valence-corrected chi connectivity index (χ1v) is 5.31. The normalized spacial score (nSPS) is 9.82. The molecule has 0 fully saturated rings. The number of carbonyl (C=O) groups excluding carboxylic acids is 1. The van der Waals surface area contributed by atoms with Crippen molar-refractivity contribution in [1.82, 2.24) is 0 Å². The molecule has 0 spiro atoms. The number of hydrogen-bond donors (Lipinski definition) is 1. The predicted molar refractivity (Wildman–Crippen MR) is 67.3 cm³/mol. The maximum atomic E-state index is 10.9. The van der Waals surface area contributed by atoms with E-state index in [2.05, 4.69) is 4.74 Å². The zero-order valence-electron chi connectivity index (χ0n) is 10.4. The third-order valence-electron chi connectivity index (χ3n) is 2.30. The Balaban J connectivity index is 2.63. The Hall–Kier alpha value is -1.91. The average Bonchev–Trinajstić information content (AvgIpc) is 2.30. The number of nitrogens with zero attached hydrogens (tertiary/aromatic N) is 1. The maximum Gasteiger partial charge on any atom is 0.308 e. The van der Waals surface area contributed by atoms with E-state index in [0.717, 1.165) is 5.69 Å². The van der Waals surface area contributed by atoms with E-state index in [1.807, 2.05) is 31.1 Å². The Kier molecular flexibility index (Phi) is 4.63. The maximum absolute atomic E-state index is 10.9. The van der Waals surface area contributed by atoms with Crippen molar-refractivity contribution < 1.29 is 14.3 Å². The van der Waals surface area contributed by atoms with E-state index < -0.39 is 0 Å². The Labute approximate surface area is 101 Å². The molecule has 0 atom stereocenters. The number of benzene rings is 1. The van der Waals surface area contributed by atoms with Crippen molar-refractivity contribution in [2.24, 2.45) is 0 Å². The van der Waals surface area contributed by atoms with Crippen molar-refractivity contribution >= 4 is 17.3 Å². The molecule has 0 aliphatic rings. The van der Waals surface area contributed by atoms with Crippen LogP contribution in [0, 0.1) is 0 Å². The minimum atomic E-state index is -0.299. The number of carbonyl (C=O) groups is 1. The summed E-state index contributed by atoms with van der Waals surface area (Å²) in [6.45, 7) is 0.258. The summed E-state index contributed by atoms with van der Waals surface area (Å²) in [5.74, 6) is 0.285. The summed E-state index contributed by atoms with van der Waals surface area (Å²) in [6, 6.07) is 5.53. The standard InChI is InChI=1S/C12H18N2O3/c1-14(2)9-4-5-10(13)11(8-9)17-7-6-12(15)16-3/h4-5,8H,6-7,13H2,1-3H3. The lowest BCUT2D eigenvalue weighted by Gasteiger charge is -2.15. The van der Waals surface area contributed by atoms with Crippen LogP contribution in [0.25, 0.3) is 0 Å². The van der Waals surface area contributed by atoms with Crippen LogP contribution < -0.4 is 15.4 Å². The summed E-state index contributed by atoms with van der Waals surface area (Å²) in [7, 11) is 5.22. The highest BCUT2D eigenvalue weighted by molar-refractivity contribution is 5.69. The van der Waals surface area contributed by atoms with Crippen molar-refractivity contribution in [2.75, 3.05) is 38.4 Å². The van der Waals surface area contributed by atoms with Crippen LogP contribution in [0.4, 0.5) is 11.4 Å². The van der Waals surface area contributed by atoms with Crippen LogP contribution in [-0.2, 0) is 9.53 Å². The zero-order chi connectivity index (χ0) is 12.8. The molecular formula is C12H18N2O3. The topological polar surface area (TPSA) is 64.8 Å². The summed E-state index contributed by atoms with van der Waals surface area (Å²) in [5.41, 5.74) is 7.33. The second-order valence-corrected chi connectivity index (χ2v) is 3.79. The van der Waals surface area contributed by atoms with Gasteiger partial charge in [0.15, 0.2) is 0 Å². The smallest absolute Gasteiger partial charge is 0.308 e. The van der Waals surface area contributed by atoms with E-state index in [0.29, 0.717) is 11.4 Å². The molecule has 1 aromatic carbocycles. The molecule has 1 aromatic rings. The van der Waals surface area contributed by atoms with Gasteiger partial charge in [-0.05, 0) is 12.1 Å². The van der Waals surface area contributed by atoms with Crippen molar-refractivity contribution in [3.05, 3.63) is 18.2 Å². The molecule has 0 aliphatic carbocycles. The fraction of sp³-hybridized carbons (Fsp3) is 0.417. The van der Waals surface area contributed by atoms with Gasteiger partial charge in [-0.3, -0.25) is 4.79 Å². The Bertz CT molecular complexity index is 391. The van der Waals surface area contributed by atoms with Gasteiger partial charge in [0.2, 0.25) is 0 Å². The Morgan fingerprint density at radius 3 is 2.71 bits per heavy atom.